The van der Waals surface area contributed by atoms with E-state index < -0.39 is 10.0 Å². The molecule has 0 radical (unpaired) electrons. The van der Waals surface area contributed by atoms with Crippen molar-refractivity contribution in [2.75, 3.05) is 45.5 Å². The van der Waals surface area contributed by atoms with Crippen molar-refractivity contribution in [1.82, 2.24) is 24.2 Å². The molecule has 2 fully saturated rings. The van der Waals surface area contributed by atoms with Gasteiger partial charge in [-0.1, -0.05) is 11.2 Å². The highest BCUT2D eigenvalue weighted by Crippen LogP contribution is 2.24. The van der Waals surface area contributed by atoms with Crippen LogP contribution in [0.1, 0.15) is 18.7 Å². The lowest BCUT2D eigenvalue weighted by molar-refractivity contribution is -0.138. The topological polar surface area (TPSA) is 99.9 Å². The van der Waals surface area contributed by atoms with Crippen LogP contribution < -0.4 is 0 Å². The Morgan fingerprint density at radius 1 is 1.28 bits per heavy atom. The van der Waals surface area contributed by atoms with Gasteiger partial charge in [-0.25, -0.2) is 8.42 Å². The molecule has 2 saturated heterocycles. The Morgan fingerprint density at radius 2 is 2.07 bits per heavy atom. The molecular formula is C18H25N5O4S2. The predicted molar refractivity (Wildman–Crippen MR) is 109 cm³/mol. The molecule has 0 bridgehead atoms. The Balaban J connectivity index is 1.32. The van der Waals surface area contributed by atoms with E-state index in [0.29, 0.717) is 51.0 Å². The molecule has 0 N–H and O–H groups in total. The highest BCUT2D eigenvalue weighted by Gasteiger charge is 2.33. The first-order valence-electron chi connectivity index (χ1n) is 9.73. The molecule has 0 spiro atoms. The number of sulfonamides is 1. The van der Waals surface area contributed by atoms with E-state index in [0.717, 1.165) is 24.3 Å². The van der Waals surface area contributed by atoms with Gasteiger partial charge in [0.1, 0.15) is 0 Å². The van der Waals surface area contributed by atoms with Gasteiger partial charge in [-0.15, -0.1) is 11.3 Å². The molecule has 0 unspecified atom stereocenters. The van der Waals surface area contributed by atoms with E-state index in [4.69, 9.17) is 4.52 Å². The van der Waals surface area contributed by atoms with Crippen LogP contribution in [-0.4, -0.2) is 84.1 Å². The van der Waals surface area contributed by atoms with Crippen LogP contribution in [0.5, 0.6) is 0 Å². The van der Waals surface area contributed by atoms with Crippen LogP contribution >= 0.6 is 11.3 Å². The first-order chi connectivity index (χ1) is 13.9. The van der Waals surface area contributed by atoms with Crippen LogP contribution in [0, 0.1) is 5.92 Å². The fraction of sp³-hybridized carbons (Fsp3) is 0.611. The van der Waals surface area contributed by atoms with Gasteiger partial charge in [-0.05, 0) is 30.8 Å². The number of amides is 1. The smallest absolute Gasteiger partial charge is 0.241 e. The van der Waals surface area contributed by atoms with Crippen molar-refractivity contribution in [1.29, 1.82) is 0 Å². The number of carbonyl (C=O) groups excluding carboxylic acids is 1. The molecule has 2 aliphatic rings. The van der Waals surface area contributed by atoms with Gasteiger partial charge < -0.3 is 9.42 Å². The standard InChI is InChI=1S/C18H25N5O4S2/c1-29(25,26)23-9-7-22(8-10-23)18(24)14-4-2-6-21(12-14)13-16-19-17(20-27-16)15-5-3-11-28-15/h3,5,11,14H,2,4,6-10,12-13H2,1H3/t14-/m0/s1. The Morgan fingerprint density at radius 3 is 2.76 bits per heavy atom. The summed E-state index contributed by atoms with van der Waals surface area (Å²) in [5, 5.41) is 6.02. The van der Waals surface area contributed by atoms with Gasteiger partial charge in [0.2, 0.25) is 27.6 Å². The lowest BCUT2D eigenvalue weighted by Crippen LogP contribution is -2.53. The number of aromatic nitrogens is 2. The van der Waals surface area contributed by atoms with Crippen molar-refractivity contribution in [3.8, 4) is 10.7 Å². The summed E-state index contributed by atoms with van der Waals surface area (Å²) < 4.78 is 30.1. The number of likely N-dealkylation sites (tertiary alicyclic amines) is 1. The summed E-state index contributed by atoms with van der Waals surface area (Å²) in [6.07, 6.45) is 3.00. The molecule has 1 atom stereocenters. The SMILES string of the molecule is CS(=O)(=O)N1CCN(C(=O)[C@H]2CCCN(Cc3nc(-c4cccs4)no3)C2)CC1. The van der Waals surface area contributed by atoms with Crippen LogP contribution in [0.25, 0.3) is 10.7 Å². The molecule has 29 heavy (non-hydrogen) atoms. The van der Waals surface area contributed by atoms with Crippen molar-refractivity contribution >= 4 is 27.3 Å². The monoisotopic (exact) mass is 439 g/mol. The summed E-state index contributed by atoms with van der Waals surface area (Å²) in [5.74, 6) is 1.20. The number of carbonyl (C=O) groups is 1. The molecule has 11 heteroatoms. The highest BCUT2D eigenvalue weighted by molar-refractivity contribution is 7.88. The van der Waals surface area contributed by atoms with Crippen molar-refractivity contribution in [3.05, 3.63) is 23.4 Å². The summed E-state index contributed by atoms with van der Waals surface area (Å²) in [6, 6.07) is 3.91. The largest absolute Gasteiger partial charge is 0.340 e. The normalized spacial score (nSPS) is 22.1. The first kappa shape index (κ1) is 20.5. The van der Waals surface area contributed by atoms with Gasteiger partial charge >= 0.3 is 0 Å². The summed E-state index contributed by atoms with van der Waals surface area (Å²) in [5.41, 5.74) is 0. The van der Waals surface area contributed by atoms with Crippen LogP contribution in [-0.2, 0) is 21.4 Å². The van der Waals surface area contributed by atoms with Crippen molar-refractivity contribution < 1.29 is 17.7 Å². The van der Waals surface area contributed by atoms with Crippen LogP contribution in [0.3, 0.4) is 0 Å². The van der Waals surface area contributed by atoms with E-state index in [9.17, 15) is 13.2 Å². The molecule has 9 nitrogen and oxygen atoms in total. The van der Waals surface area contributed by atoms with E-state index in [2.05, 4.69) is 15.0 Å². The number of hydrogen-bond donors (Lipinski definition) is 0. The lowest BCUT2D eigenvalue weighted by atomic mass is 9.96. The Kier molecular flexibility index (Phi) is 6.00. The predicted octanol–water partition coefficient (Wildman–Crippen LogP) is 1.11. The second-order valence-electron chi connectivity index (χ2n) is 7.55. The minimum atomic E-state index is -3.19. The molecule has 2 aliphatic heterocycles. The molecule has 2 aromatic heterocycles. The Bertz CT molecular complexity index is 935. The zero-order valence-corrected chi connectivity index (χ0v) is 18.0. The van der Waals surface area contributed by atoms with E-state index in [1.54, 1.807) is 16.2 Å². The first-order valence-corrected chi connectivity index (χ1v) is 12.5. The second-order valence-corrected chi connectivity index (χ2v) is 10.5. The fourth-order valence-electron chi connectivity index (χ4n) is 3.92. The van der Waals surface area contributed by atoms with Crippen molar-refractivity contribution in [2.24, 2.45) is 5.92 Å². The number of hydrogen-bond acceptors (Lipinski definition) is 8. The third-order valence-electron chi connectivity index (χ3n) is 5.44. The number of piperazine rings is 1. The van der Waals surface area contributed by atoms with Crippen LogP contribution in [0.4, 0.5) is 0 Å². The van der Waals surface area contributed by atoms with Gasteiger partial charge in [0, 0.05) is 32.7 Å². The Labute approximate surface area is 174 Å². The quantitative estimate of drug-likeness (QED) is 0.688. The van der Waals surface area contributed by atoms with Gasteiger partial charge in [-0.2, -0.15) is 9.29 Å². The van der Waals surface area contributed by atoms with Crippen LogP contribution in [0.15, 0.2) is 22.0 Å². The maximum atomic E-state index is 12.9. The maximum Gasteiger partial charge on any atom is 0.241 e. The van der Waals surface area contributed by atoms with Gasteiger partial charge in [-0.3, -0.25) is 9.69 Å². The minimum absolute atomic E-state index is 0.0757. The molecular weight excluding hydrogens is 414 g/mol. The number of thiophene rings is 1. The molecule has 4 heterocycles. The van der Waals surface area contributed by atoms with Gasteiger partial charge in [0.05, 0.1) is 23.6 Å². The zero-order valence-electron chi connectivity index (χ0n) is 16.4. The minimum Gasteiger partial charge on any atom is -0.340 e. The van der Waals surface area contributed by atoms with E-state index in [1.165, 1.54) is 10.6 Å². The van der Waals surface area contributed by atoms with Gasteiger partial charge in [0.15, 0.2) is 0 Å². The number of piperidine rings is 1. The number of nitrogens with zero attached hydrogens (tertiary/aromatic N) is 5. The third kappa shape index (κ3) is 4.85. The molecule has 4 rings (SSSR count). The highest BCUT2D eigenvalue weighted by atomic mass is 32.2. The molecule has 0 aliphatic carbocycles. The van der Waals surface area contributed by atoms with E-state index in [1.807, 2.05) is 17.5 Å². The summed E-state index contributed by atoms with van der Waals surface area (Å²) >= 11 is 1.57. The second kappa shape index (κ2) is 8.50. The molecule has 0 aromatic carbocycles. The van der Waals surface area contributed by atoms with E-state index >= 15 is 0 Å². The van der Waals surface area contributed by atoms with Crippen molar-refractivity contribution in [3.63, 3.8) is 0 Å². The van der Waals surface area contributed by atoms with Crippen molar-refractivity contribution in [2.45, 2.75) is 19.4 Å². The molecule has 158 valence electrons. The van der Waals surface area contributed by atoms with Crippen LogP contribution in [0.2, 0.25) is 0 Å². The summed E-state index contributed by atoms with van der Waals surface area (Å²) in [6.45, 7) is 3.73. The maximum absolute atomic E-state index is 12.9. The third-order valence-corrected chi connectivity index (χ3v) is 7.61. The molecule has 0 saturated carbocycles. The fourth-order valence-corrected chi connectivity index (χ4v) is 5.39. The zero-order chi connectivity index (χ0) is 20.4. The lowest BCUT2D eigenvalue weighted by Gasteiger charge is -2.38. The summed E-state index contributed by atoms with van der Waals surface area (Å²) in [7, 11) is -3.19. The molecule has 2 aromatic rings. The average Bonchev–Trinajstić information content (AvgIpc) is 3.39. The van der Waals surface area contributed by atoms with E-state index in [-0.39, 0.29) is 11.8 Å². The Hall–Kier alpha value is -1.82. The molecule has 1 amide bonds. The average molecular weight is 440 g/mol. The summed E-state index contributed by atoms with van der Waals surface area (Å²) in [4.78, 5) is 22.4. The van der Waals surface area contributed by atoms with Gasteiger partial charge in [0.25, 0.3) is 0 Å². The number of rotatable bonds is 5.